The lowest BCUT2D eigenvalue weighted by molar-refractivity contribution is -0.116. The number of carboxylic acids is 1. The summed E-state index contributed by atoms with van der Waals surface area (Å²) in [4.78, 5) is 51.8. The van der Waals surface area contributed by atoms with E-state index in [2.05, 4.69) is 31.9 Å². The van der Waals surface area contributed by atoms with Crippen LogP contribution in [0.4, 0.5) is 11.4 Å². The Morgan fingerprint density at radius 2 is 1.23 bits per heavy atom. The van der Waals surface area contributed by atoms with E-state index in [9.17, 15) is 19.2 Å². The molecule has 5 aromatic rings. The molecule has 0 aromatic heterocycles. The molecule has 0 bridgehead atoms. The molecule has 1 atom stereocenters. The van der Waals surface area contributed by atoms with Crippen molar-refractivity contribution in [2.75, 3.05) is 10.6 Å². The van der Waals surface area contributed by atoms with Crippen LogP contribution in [0.25, 0.3) is 6.08 Å². The van der Waals surface area contributed by atoms with Crippen LogP contribution in [0, 0.1) is 0 Å². The third-order valence-electron chi connectivity index (χ3n) is 6.82. The molecule has 0 fully saturated rings. The molecule has 0 spiro atoms. The van der Waals surface area contributed by atoms with Gasteiger partial charge in [-0.05, 0) is 90.0 Å². The number of nitrogens with one attached hydrogen (secondary N) is 3. The van der Waals surface area contributed by atoms with E-state index in [0.29, 0.717) is 16.9 Å². The number of carbonyl (C=O) groups excluding carboxylic acids is 3. The first-order chi connectivity index (χ1) is 22.7. The molecule has 0 heterocycles. The summed E-state index contributed by atoms with van der Waals surface area (Å²) in [5.74, 6) is -2.25. The number of rotatable bonds is 11. The molecular weight excluding hydrogens is 678 g/mol. The Morgan fingerprint density at radius 1 is 0.660 bits per heavy atom. The maximum absolute atomic E-state index is 13.4. The van der Waals surface area contributed by atoms with Crippen molar-refractivity contribution in [3.8, 4) is 0 Å². The van der Waals surface area contributed by atoms with Crippen LogP contribution in [0.1, 0.15) is 37.1 Å². The highest BCUT2D eigenvalue weighted by molar-refractivity contribution is 9.10. The molecule has 8 nitrogen and oxygen atoms in total. The summed E-state index contributed by atoms with van der Waals surface area (Å²) in [6.07, 6.45) is 1.60. The number of hydrogen-bond acceptors (Lipinski definition) is 5. The molecule has 0 aliphatic heterocycles. The quantitative estimate of drug-likeness (QED) is 0.0815. The Bertz CT molecular complexity index is 1900. The summed E-state index contributed by atoms with van der Waals surface area (Å²) in [5, 5.41) is 17.0. The molecule has 0 aliphatic carbocycles. The predicted molar refractivity (Wildman–Crippen MR) is 188 cm³/mol. The topological polar surface area (TPSA) is 125 Å². The Balaban J connectivity index is 1.31. The van der Waals surface area contributed by atoms with E-state index in [0.717, 1.165) is 20.5 Å². The highest BCUT2D eigenvalue weighted by Crippen LogP contribution is 2.37. The number of hydrogen-bond donors (Lipinski definition) is 4. The SMILES string of the molecule is O=C(Nc1ccc(SC(C(=O)Nc2ccc(C(=O)O)cc2)c2ccccc2)cc1)/C(=C/c1ccc(Br)cc1)NC(=O)c1ccccc1. The number of benzene rings is 5. The van der Waals surface area contributed by atoms with Gasteiger partial charge in [0.05, 0.1) is 5.56 Å². The van der Waals surface area contributed by atoms with Crippen molar-refractivity contribution in [3.63, 3.8) is 0 Å². The third-order valence-corrected chi connectivity index (χ3v) is 8.61. The van der Waals surface area contributed by atoms with Gasteiger partial charge in [-0.3, -0.25) is 14.4 Å². The number of aromatic carboxylic acids is 1. The van der Waals surface area contributed by atoms with Gasteiger partial charge in [0.2, 0.25) is 5.91 Å². The van der Waals surface area contributed by atoms with Gasteiger partial charge in [-0.1, -0.05) is 76.6 Å². The van der Waals surface area contributed by atoms with Crippen molar-refractivity contribution in [2.24, 2.45) is 0 Å². The number of amides is 3. The number of thioether (sulfide) groups is 1. The normalized spacial score (nSPS) is 11.6. The fourth-order valence-electron chi connectivity index (χ4n) is 4.42. The Labute approximate surface area is 284 Å². The predicted octanol–water partition coefficient (Wildman–Crippen LogP) is 8.03. The van der Waals surface area contributed by atoms with E-state index < -0.39 is 23.0 Å². The van der Waals surface area contributed by atoms with Crippen LogP contribution in [0.5, 0.6) is 0 Å². The lowest BCUT2D eigenvalue weighted by Gasteiger charge is -2.18. The number of carbonyl (C=O) groups is 4. The molecule has 0 radical (unpaired) electrons. The molecule has 4 N–H and O–H groups in total. The minimum Gasteiger partial charge on any atom is -0.478 e. The second kappa shape index (κ2) is 15.7. The van der Waals surface area contributed by atoms with Crippen molar-refractivity contribution in [1.82, 2.24) is 5.32 Å². The standard InChI is InChI=1S/C37H28BrN3O5S/c38-28-15-11-24(12-16-28)23-32(41-34(42)26-9-5-2-6-10-26)35(43)39-30-19-21-31(22-20-30)47-33(25-7-3-1-4-8-25)36(44)40-29-17-13-27(14-18-29)37(45)46/h1-23,33H,(H,39,43)(H,40,44)(H,41,42)(H,45,46)/b32-23-. The Morgan fingerprint density at radius 3 is 1.85 bits per heavy atom. The smallest absolute Gasteiger partial charge is 0.335 e. The van der Waals surface area contributed by atoms with Crippen molar-refractivity contribution in [2.45, 2.75) is 10.1 Å². The van der Waals surface area contributed by atoms with Gasteiger partial charge >= 0.3 is 5.97 Å². The van der Waals surface area contributed by atoms with Crippen LogP contribution in [-0.2, 0) is 9.59 Å². The average molecular weight is 707 g/mol. The van der Waals surface area contributed by atoms with Crippen LogP contribution in [-0.4, -0.2) is 28.8 Å². The van der Waals surface area contributed by atoms with Gasteiger partial charge in [-0.15, -0.1) is 11.8 Å². The van der Waals surface area contributed by atoms with E-state index in [1.165, 1.54) is 23.9 Å². The first kappa shape index (κ1) is 32.9. The van der Waals surface area contributed by atoms with Gasteiger partial charge in [-0.25, -0.2) is 4.79 Å². The zero-order valence-electron chi connectivity index (χ0n) is 24.7. The van der Waals surface area contributed by atoms with Gasteiger partial charge < -0.3 is 21.1 Å². The first-order valence-corrected chi connectivity index (χ1v) is 16.0. The lowest BCUT2D eigenvalue weighted by Crippen LogP contribution is -2.30. The van der Waals surface area contributed by atoms with E-state index in [1.807, 2.05) is 54.6 Å². The van der Waals surface area contributed by atoms with Gasteiger partial charge in [0, 0.05) is 26.3 Å². The summed E-state index contributed by atoms with van der Waals surface area (Å²) in [6.45, 7) is 0. The Hall–Kier alpha value is -5.45. The molecular formula is C37H28BrN3O5S. The average Bonchev–Trinajstić information content (AvgIpc) is 3.09. The molecule has 10 heteroatoms. The van der Waals surface area contributed by atoms with Gasteiger partial charge in [0.1, 0.15) is 10.9 Å². The summed E-state index contributed by atoms with van der Waals surface area (Å²) in [5.41, 5.74) is 3.08. The van der Waals surface area contributed by atoms with E-state index >= 15 is 0 Å². The molecule has 0 saturated carbocycles. The van der Waals surface area contributed by atoms with Gasteiger partial charge in [0.15, 0.2) is 0 Å². The van der Waals surface area contributed by atoms with Crippen molar-refractivity contribution in [3.05, 3.63) is 166 Å². The van der Waals surface area contributed by atoms with Crippen LogP contribution in [0.15, 0.2) is 149 Å². The molecule has 3 amide bonds. The van der Waals surface area contributed by atoms with Gasteiger partial charge in [-0.2, -0.15) is 0 Å². The minimum atomic E-state index is -1.05. The molecule has 234 valence electrons. The van der Waals surface area contributed by atoms with E-state index in [1.54, 1.807) is 72.8 Å². The third kappa shape index (κ3) is 9.29. The molecule has 1 unspecified atom stereocenters. The van der Waals surface area contributed by atoms with Crippen LogP contribution in [0.2, 0.25) is 0 Å². The highest BCUT2D eigenvalue weighted by Gasteiger charge is 2.23. The lowest BCUT2D eigenvalue weighted by atomic mass is 10.1. The van der Waals surface area contributed by atoms with Crippen LogP contribution in [0.3, 0.4) is 0 Å². The molecule has 0 aliphatic rings. The Kier molecular flexibility index (Phi) is 11.0. The number of carboxylic acid groups (broad SMARTS) is 1. The zero-order chi connectivity index (χ0) is 33.2. The van der Waals surface area contributed by atoms with E-state index in [4.69, 9.17) is 5.11 Å². The second-order valence-electron chi connectivity index (χ2n) is 10.2. The van der Waals surface area contributed by atoms with Crippen molar-refractivity contribution in [1.29, 1.82) is 0 Å². The summed E-state index contributed by atoms with van der Waals surface area (Å²) >= 11 is 4.74. The van der Waals surface area contributed by atoms with Crippen LogP contribution < -0.4 is 16.0 Å². The fraction of sp³-hybridized carbons (Fsp3) is 0.0270. The van der Waals surface area contributed by atoms with Crippen LogP contribution >= 0.6 is 27.7 Å². The number of anilines is 2. The maximum atomic E-state index is 13.4. The van der Waals surface area contributed by atoms with Crippen molar-refractivity contribution >= 4 is 68.8 Å². The maximum Gasteiger partial charge on any atom is 0.335 e. The highest BCUT2D eigenvalue weighted by atomic mass is 79.9. The minimum absolute atomic E-state index is 0.0665. The van der Waals surface area contributed by atoms with Gasteiger partial charge in [0.25, 0.3) is 11.8 Å². The van der Waals surface area contributed by atoms with E-state index in [-0.39, 0.29) is 17.2 Å². The molecule has 0 saturated heterocycles. The summed E-state index contributed by atoms with van der Waals surface area (Å²) < 4.78 is 0.883. The van der Waals surface area contributed by atoms with Crippen molar-refractivity contribution < 1.29 is 24.3 Å². The summed E-state index contributed by atoms with van der Waals surface area (Å²) in [6, 6.07) is 38.3. The molecule has 47 heavy (non-hydrogen) atoms. The number of halogens is 1. The zero-order valence-corrected chi connectivity index (χ0v) is 27.1. The largest absolute Gasteiger partial charge is 0.478 e. The first-order valence-electron chi connectivity index (χ1n) is 14.4. The second-order valence-corrected chi connectivity index (χ2v) is 12.3. The molecule has 5 aromatic carbocycles. The summed E-state index contributed by atoms with van der Waals surface area (Å²) in [7, 11) is 0. The monoisotopic (exact) mass is 705 g/mol. The fourth-order valence-corrected chi connectivity index (χ4v) is 5.71. The molecule has 5 rings (SSSR count).